The standard InChI is InChI=1S/C19H20FN3O3/c1-4-5-9-26-16-8-6-7-14(17(16)20)23-19(24)13-10-12(2)15(11-25-3)22-18(13)21/h6-8,10H,9,11H2,1-3H3,(H2,21,22)(H,23,24). The summed E-state index contributed by atoms with van der Waals surface area (Å²) in [5.74, 6) is 4.14. The average molecular weight is 357 g/mol. The molecule has 0 fully saturated rings. The van der Waals surface area contributed by atoms with Gasteiger partial charge in [-0.25, -0.2) is 9.37 Å². The summed E-state index contributed by atoms with van der Waals surface area (Å²) in [6.07, 6.45) is 0. The number of amides is 1. The van der Waals surface area contributed by atoms with E-state index in [1.165, 1.54) is 12.1 Å². The van der Waals surface area contributed by atoms with Crippen molar-refractivity contribution in [2.75, 3.05) is 24.8 Å². The molecule has 0 radical (unpaired) electrons. The molecule has 0 saturated carbocycles. The summed E-state index contributed by atoms with van der Waals surface area (Å²) in [6, 6.07) is 6.06. The Hall–Kier alpha value is -3.11. The molecule has 6 nitrogen and oxygen atoms in total. The van der Waals surface area contributed by atoms with Crippen molar-refractivity contribution in [1.29, 1.82) is 0 Å². The second-order valence-corrected chi connectivity index (χ2v) is 5.41. The predicted molar refractivity (Wildman–Crippen MR) is 97.4 cm³/mol. The van der Waals surface area contributed by atoms with Gasteiger partial charge in [0.25, 0.3) is 5.91 Å². The van der Waals surface area contributed by atoms with Crippen LogP contribution in [0.1, 0.15) is 28.5 Å². The molecule has 0 unspecified atom stereocenters. The number of nitrogens with two attached hydrogens (primary N) is 1. The Morgan fingerprint density at radius 2 is 2.19 bits per heavy atom. The van der Waals surface area contributed by atoms with Crippen molar-refractivity contribution >= 4 is 17.4 Å². The number of anilines is 2. The molecule has 2 rings (SSSR count). The van der Waals surface area contributed by atoms with E-state index in [0.29, 0.717) is 5.69 Å². The van der Waals surface area contributed by atoms with Crippen LogP contribution in [0.25, 0.3) is 0 Å². The number of benzene rings is 1. The highest BCUT2D eigenvalue weighted by Crippen LogP contribution is 2.25. The van der Waals surface area contributed by atoms with Gasteiger partial charge in [0.2, 0.25) is 0 Å². The number of aromatic nitrogens is 1. The summed E-state index contributed by atoms with van der Waals surface area (Å²) in [7, 11) is 1.54. The lowest BCUT2D eigenvalue weighted by atomic mass is 10.1. The van der Waals surface area contributed by atoms with E-state index in [1.807, 2.05) is 0 Å². The molecule has 1 aromatic carbocycles. The number of nitrogen functional groups attached to an aromatic ring is 1. The quantitative estimate of drug-likeness (QED) is 0.777. The molecule has 0 bridgehead atoms. The van der Waals surface area contributed by atoms with Crippen LogP contribution in [0.4, 0.5) is 15.9 Å². The first-order valence-electron chi connectivity index (χ1n) is 7.85. The molecule has 0 aliphatic heterocycles. The topological polar surface area (TPSA) is 86.5 Å². The van der Waals surface area contributed by atoms with E-state index in [4.69, 9.17) is 15.2 Å². The molecule has 136 valence electrons. The summed E-state index contributed by atoms with van der Waals surface area (Å²) in [5, 5.41) is 2.50. The highest BCUT2D eigenvalue weighted by Gasteiger charge is 2.17. The number of hydrogen-bond donors (Lipinski definition) is 2. The molecule has 1 aromatic heterocycles. The van der Waals surface area contributed by atoms with E-state index >= 15 is 0 Å². The summed E-state index contributed by atoms with van der Waals surface area (Å²) in [5.41, 5.74) is 7.39. The van der Waals surface area contributed by atoms with Crippen molar-refractivity contribution in [2.24, 2.45) is 0 Å². The van der Waals surface area contributed by atoms with E-state index in [9.17, 15) is 9.18 Å². The van der Waals surface area contributed by atoms with E-state index < -0.39 is 11.7 Å². The van der Waals surface area contributed by atoms with Crippen LogP contribution in [0.5, 0.6) is 5.75 Å². The molecule has 3 N–H and O–H groups in total. The largest absolute Gasteiger partial charge is 0.478 e. The fraction of sp³-hybridized carbons (Fsp3) is 0.263. The number of carbonyl (C=O) groups is 1. The number of methoxy groups -OCH3 is 1. The molecule has 1 heterocycles. The van der Waals surface area contributed by atoms with Crippen molar-refractivity contribution in [3.8, 4) is 17.6 Å². The summed E-state index contributed by atoms with van der Waals surface area (Å²) in [4.78, 5) is 16.7. The van der Waals surface area contributed by atoms with Gasteiger partial charge in [-0.3, -0.25) is 4.79 Å². The van der Waals surface area contributed by atoms with Crippen molar-refractivity contribution in [1.82, 2.24) is 4.98 Å². The number of ether oxygens (including phenoxy) is 2. The van der Waals surface area contributed by atoms with Crippen LogP contribution in [0, 0.1) is 24.6 Å². The lowest BCUT2D eigenvalue weighted by Gasteiger charge is -2.12. The Morgan fingerprint density at radius 1 is 1.42 bits per heavy atom. The Balaban J connectivity index is 2.23. The van der Waals surface area contributed by atoms with E-state index in [1.54, 1.807) is 33.1 Å². The van der Waals surface area contributed by atoms with Gasteiger partial charge in [0, 0.05) is 7.11 Å². The second kappa shape index (κ2) is 8.83. The van der Waals surface area contributed by atoms with E-state index in [-0.39, 0.29) is 36.0 Å². The average Bonchev–Trinajstić information content (AvgIpc) is 2.61. The minimum Gasteiger partial charge on any atom is -0.478 e. The van der Waals surface area contributed by atoms with Crippen LogP contribution < -0.4 is 15.8 Å². The van der Waals surface area contributed by atoms with Gasteiger partial charge in [-0.2, -0.15) is 0 Å². The lowest BCUT2D eigenvalue weighted by molar-refractivity contribution is 0.102. The number of carbonyl (C=O) groups excluding carboxylic acids is 1. The van der Waals surface area contributed by atoms with Gasteiger partial charge in [0.1, 0.15) is 12.4 Å². The third-order valence-electron chi connectivity index (χ3n) is 3.56. The van der Waals surface area contributed by atoms with Gasteiger partial charge in [0.05, 0.1) is 23.6 Å². The highest BCUT2D eigenvalue weighted by atomic mass is 19.1. The Labute approximate surface area is 151 Å². The Morgan fingerprint density at radius 3 is 2.88 bits per heavy atom. The second-order valence-electron chi connectivity index (χ2n) is 5.41. The van der Waals surface area contributed by atoms with Crippen molar-refractivity contribution in [3.05, 3.63) is 46.9 Å². The van der Waals surface area contributed by atoms with Crippen molar-refractivity contribution in [3.63, 3.8) is 0 Å². The van der Waals surface area contributed by atoms with Crippen molar-refractivity contribution < 1.29 is 18.7 Å². The van der Waals surface area contributed by atoms with Gasteiger partial charge < -0.3 is 20.5 Å². The molecule has 0 saturated heterocycles. The maximum absolute atomic E-state index is 14.5. The zero-order chi connectivity index (χ0) is 19.1. The van der Waals surface area contributed by atoms with Gasteiger partial charge in [-0.15, -0.1) is 5.92 Å². The number of pyridine rings is 1. The smallest absolute Gasteiger partial charge is 0.259 e. The van der Waals surface area contributed by atoms with Crippen molar-refractivity contribution in [2.45, 2.75) is 20.5 Å². The number of aryl methyl sites for hydroxylation is 1. The van der Waals surface area contributed by atoms with Crippen LogP contribution in [-0.4, -0.2) is 24.6 Å². The molecule has 0 aliphatic carbocycles. The molecule has 0 spiro atoms. The molecule has 0 aliphatic rings. The minimum absolute atomic E-state index is 0.00303. The minimum atomic E-state index is -0.682. The first-order valence-corrected chi connectivity index (χ1v) is 7.85. The molecule has 26 heavy (non-hydrogen) atoms. The zero-order valence-corrected chi connectivity index (χ0v) is 14.9. The molecule has 1 amide bonds. The fourth-order valence-corrected chi connectivity index (χ4v) is 2.23. The number of halogens is 1. The number of nitrogens with one attached hydrogen (secondary N) is 1. The molecule has 0 atom stereocenters. The van der Waals surface area contributed by atoms with Gasteiger partial charge in [-0.05, 0) is 37.6 Å². The number of rotatable bonds is 6. The SMILES string of the molecule is CC#CCOc1cccc(NC(=O)c2cc(C)c(COC)nc2N)c1F. The summed E-state index contributed by atoms with van der Waals surface area (Å²) < 4.78 is 24.7. The molecule has 2 aromatic rings. The van der Waals surface area contributed by atoms with Gasteiger partial charge in [-0.1, -0.05) is 12.0 Å². The summed E-state index contributed by atoms with van der Waals surface area (Å²) >= 11 is 0. The zero-order valence-electron chi connectivity index (χ0n) is 14.9. The van der Waals surface area contributed by atoms with Crippen LogP contribution in [0.3, 0.4) is 0 Å². The van der Waals surface area contributed by atoms with E-state index in [2.05, 4.69) is 22.1 Å². The molecular weight excluding hydrogens is 337 g/mol. The first-order chi connectivity index (χ1) is 12.5. The van der Waals surface area contributed by atoms with Crippen LogP contribution >= 0.6 is 0 Å². The molecular formula is C19H20FN3O3. The maximum Gasteiger partial charge on any atom is 0.259 e. The van der Waals surface area contributed by atoms with E-state index in [0.717, 1.165) is 5.56 Å². The normalized spacial score (nSPS) is 10.0. The first kappa shape index (κ1) is 19.2. The monoisotopic (exact) mass is 357 g/mol. The van der Waals surface area contributed by atoms with Crippen LogP contribution in [-0.2, 0) is 11.3 Å². The third-order valence-corrected chi connectivity index (χ3v) is 3.56. The summed E-state index contributed by atoms with van der Waals surface area (Å²) in [6.45, 7) is 3.80. The third kappa shape index (κ3) is 4.49. The van der Waals surface area contributed by atoms with Crippen LogP contribution in [0.15, 0.2) is 24.3 Å². The lowest BCUT2D eigenvalue weighted by Crippen LogP contribution is -2.17. The van der Waals surface area contributed by atoms with Gasteiger partial charge >= 0.3 is 0 Å². The fourth-order valence-electron chi connectivity index (χ4n) is 2.23. The van der Waals surface area contributed by atoms with Gasteiger partial charge in [0.15, 0.2) is 11.6 Å². The van der Waals surface area contributed by atoms with Crippen LogP contribution in [0.2, 0.25) is 0 Å². The molecule has 7 heteroatoms. The Bertz CT molecular complexity index is 872. The Kier molecular flexibility index (Phi) is 6.53. The highest BCUT2D eigenvalue weighted by molar-refractivity contribution is 6.07. The number of hydrogen-bond acceptors (Lipinski definition) is 5. The predicted octanol–water partition coefficient (Wildman–Crippen LogP) is 2.91. The maximum atomic E-state index is 14.5. The number of nitrogens with zero attached hydrogens (tertiary/aromatic N) is 1.